The lowest BCUT2D eigenvalue weighted by Crippen LogP contribution is -2.20. The Hall–Kier alpha value is -2.84. The highest BCUT2D eigenvalue weighted by Gasteiger charge is 2.15. The van der Waals surface area contributed by atoms with E-state index in [0.29, 0.717) is 27.0 Å². The van der Waals surface area contributed by atoms with Gasteiger partial charge in [0.25, 0.3) is 5.69 Å². The number of hydrogen-bond donors (Lipinski definition) is 1. The third-order valence-electron chi connectivity index (χ3n) is 4.23. The molecule has 0 aliphatic rings. The molecule has 1 heterocycles. The first-order chi connectivity index (χ1) is 13.7. The van der Waals surface area contributed by atoms with E-state index in [1.807, 2.05) is 31.2 Å². The van der Waals surface area contributed by atoms with Crippen LogP contribution in [0.3, 0.4) is 0 Å². The van der Waals surface area contributed by atoms with Crippen molar-refractivity contribution in [3.05, 3.63) is 74.6 Å². The lowest BCUT2D eigenvalue weighted by Gasteiger charge is -2.09. The fourth-order valence-corrected chi connectivity index (χ4v) is 3.77. The number of benzene rings is 2. The minimum absolute atomic E-state index is 0.0392. The molecule has 3 aromatic rings. The van der Waals surface area contributed by atoms with Crippen LogP contribution in [0.1, 0.15) is 17.0 Å². The molecule has 9 heteroatoms. The summed E-state index contributed by atoms with van der Waals surface area (Å²) < 4.78 is 1.51. The topological polar surface area (TPSA) is 90.1 Å². The summed E-state index contributed by atoms with van der Waals surface area (Å²) in [6, 6.07) is 12.4. The van der Waals surface area contributed by atoms with E-state index < -0.39 is 4.92 Å². The van der Waals surface area contributed by atoms with Crippen molar-refractivity contribution in [2.24, 2.45) is 0 Å². The molecule has 0 atom stereocenters. The summed E-state index contributed by atoms with van der Waals surface area (Å²) in [6.45, 7) is 5.49. The first-order valence-corrected chi connectivity index (χ1v) is 9.95. The van der Waals surface area contributed by atoms with E-state index >= 15 is 0 Å². The number of halogens is 1. The molecular formula is C20H19ClN4O3S. The molecule has 29 heavy (non-hydrogen) atoms. The summed E-state index contributed by atoms with van der Waals surface area (Å²) in [5.41, 5.74) is 2.72. The summed E-state index contributed by atoms with van der Waals surface area (Å²) >= 11 is 7.50. The van der Waals surface area contributed by atoms with Crippen LogP contribution in [0, 0.1) is 30.9 Å². The molecule has 0 unspecified atom stereocenters. The summed E-state index contributed by atoms with van der Waals surface area (Å²) in [5, 5.41) is 18.8. The molecular weight excluding hydrogens is 412 g/mol. The molecule has 1 N–H and O–H groups in total. The number of amides is 1. The second kappa shape index (κ2) is 8.67. The largest absolute Gasteiger partial charge is 0.324 e. The molecule has 7 nitrogen and oxygen atoms in total. The van der Waals surface area contributed by atoms with Crippen LogP contribution in [-0.4, -0.2) is 20.6 Å². The van der Waals surface area contributed by atoms with Crippen LogP contribution in [0.2, 0.25) is 5.02 Å². The zero-order valence-corrected chi connectivity index (χ0v) is 17.7. The number of hydrogen-bond acceptors (Lipinski definition) is 5. The molecule has 0 aliphatic carbocycles. The second-order valence-electron chi connectivity index (χ2n) is 6.58. The van der Waals surface area contributed by atoms with Crippen molar-refractivity contribution < 1.29 is 9.72 Å². The van der Waals surface area contributed by atoms with Gasteiger partial charge in [0.15, 0.2) is 0 Å². The van der Waals surface area contributed by atoms with Crippen molar-refractivity contribution in [1.29, 1.82) is 0 Å². The van der Waals surface area contributed by atoms with Crippen molar-refractivity contribution in [1.82, 2.24) is 9.78 Å². The van der Waals surface area contributed by atoms with Crippen molar-refractivity contribution >= 4 is 40.6 Å². The number of carbonyl (C=O) groups is 1. The second-order valence-corrected chi connectivity index (χ2v) is 8.10. The fourth-order valence-electron chi connectivity index (χ4n) is 2.73. The number of aromatic nitrogens is 2. The SMILES string of the molecule is Cc1ccc(Sc2cc(NC(=O)Cn3nc(C)c(Cl)c3C)cc([N+](=O)[O-])c2)cc1. The number of nitro groups is 1. The van der Waals surface area contributed by atoms with Crippen LogP contribution in [-0.2, 0) is 11.3 Å². The van der Waals surface area contributed by atoms with Gasteiger partial charge in [-0.3, -0.25) is 19.6 Å². The zero-order chi connectivity index (χ0) is 21.1. The number of non-ortho nitro benzene ring substituents is 1. The maximum Gasteiger partial charge on any atom is 0.272 e. The standard InChI is InChI=1S/C20H19ClN4O3S/c1-12-4-6-17(7-5-12)29-18-9-15(8-16(10-18)25(27)28)22-19(26)11-24-14(3)20(21)13(2)23-24/h4-10H,11H2,1-3H3,(H,22,26). The monoisotopic (exact) mass is 430 g/mol. The van der Waals surface area contributed by atoms with Crippen molar-refractivity contribution in [3.8, 4) is 0 Å². The molecule has 0 spiro atoms. The first kappa shape index (κ1) is 20.9. The molecule has 3 rings (SSSR count). The third-order valence-corrected chi connectivity index (χ3v) is 5.76. The highest BCUT2D eigenvalue weighted by molar-refractivity contribution is 7.99. The molecule has 2 aromatic carbocycles. The Bertz CT molecular complexity index is 1080. The predicted molar refractivity (Wildman–Crippen MR) is 114 cm³/mol. The van der Waals surface area contributed by atoms with Crippen LogP contribution in [0.5, 0.6) is 0 Å². The van der Waals surface area contributed by atoms with Gasteiger partial charge in [0, 0.05) is 27.6 Å². The number of rotatable bonds is 6. The van der Waals surface area contributed by atoms with Gasteiger partial charge in [-0.05, 0) is 39.0 Å². The number of nitrogens with one attached hydrogen (secondary N) is 1. The van der Waals surface area contributed by atoms with Crippen LogP contribution in [0.15, 0.2) is 52.3 Å². The molecule has 0 fully saturated rings. The molecule has 150 valence electrons. The van der Waals surface area contributed by atoms with Gasteiger partial charge in [0.05, 0.1) is 21.3 Å². The van der Waals surface area contributed by atoms with Gasteiger partial charge in [0.1, 0.15) is 6.54 Å². The van der Waals surface area contributed by atoms with Gasteiger partial charge < -0.3 is 5.32 Å². The molecule has 0 aliphatic heterocycles. The Labute approximate surface area is 177 Å². The Balaban J connectivity index is 1.81. The average molecular weight is 431 g/mol. The van der Waals surface area contributed by atoms with Gasteiger partial charge >= 0.3 is 0 Å². The minimum atomic E-state index is -0.477. The maximum absolute atomic E-state index is 12.5. The van der Waals surface area contributed by atoms with Gasteiger partial charge in [-0.1, -0.05) is 41.1 Å². The van der Waals surface area contributed by atoms with Crippen LogP contribution in [0.25, 0.3) is 0 Å². The molecule has 1 amide bonds. The van der Waals surface area contributed by atoms with Gasteiger partial charge in [-0.25, -0.2) is 0 Å². The van der Waals surface area contributed by atoms with Crippen LogP contribution in [0.4, 0.5) is 11.4 Å². The summed E-state index contributed by atoms with van der Waals surface area (Å²) in [5.74, 6) is -0.348. The highest BCUT2D eigenvalue weighted by atomic mass is 35.5. The normalized spacial score (nSPS) is 10.8. The number of nitro benzene ring substituents is 1. The van der Waals surface area contributed by atoms with Crippen LogP contribution >= 0.6 is 23.4 Å². The van der Waals surface area contributed by atoms with E-state index in [-0.39, 0.29) is 18.1 Å². The van der Waals surface area contributed by atoms with E-state index in [9.17, 15) is 14.9 Å². The van der Waals surface area contributed by atoms with Gasteiger partial charge in [0.2, 0.25) is 5.91 Å². The Morgan fingerprint density at radius 2 is 1.86 bits per heavy atom. The fraction of sp³-hybridized carbons (Fsp3) is 0.200. The van der Waals surface area contributed by atoms with Crippen molar-refractivity contribution in [2.45, 2.75) is 37.1 Å². The number of nitrogens with zero attached hydrogens (tertiary/aromatic N) is 3. The maximum atomic E-state index is 12.5. The van der Waals surface area contributed by atoms with E-state index in [1.165, 1.54) is 28.6 Å². The molecule has 1 aromatic heterocycles. The third kappa shape index (κ3) is 5.16. The Morgan fingerprint density at radius 1 is 1.17 bits per heavy atom. The van der Waals surface area contributed by atoms with E-state index in [0.717, 1.165) is 10.5 Å². The van der Waals surface area contributed by atoms with E-state index in [4.69, 9.17) is 11.6 Å². The van der Waals surface area contributed by atoms with E-state index in [1.54, 1.807) is 19.9 Å². The number of carbonyl (C=O) groups excluding carboxylic acids is 1. The predicted octanol–water partition coefficient (Wildman–Crippen LogP) is 5.16. The summed E-state index contributed by atoms with van der Waals surface area (Å²) in [4.78, 5) is 24.9. The first-order valence-electron chi connectivity index (χ1n) is 8.76. The number of anilines is 1. The Morgan fingerprint density at radius 3 is 2.45 bits per heavy atom. The molecule has 0 saturated carbocycles. The minimum Gasteiger partial charge on any atom is -0.324 e. The van der Waals surface area contributed by atoms with Crippen molar-refractivity contribution in [2.75, 3.05) is 5.32 Å². The Kier molecular flexibility index (Phi) is 6.24. The average Bonchev–Trinajstić information content (AvgIpc) is 2.90. The smallest absolute Gasteiger partial charge is 0.272 e. The van der Waals surface area contributed by atoms with Crippen LogP contribution < -0.4 is 5.32 Å². The lowest BCUT2D eigenvalue weighted by molar-refractivity contribution is -0.385. The van der Waals surface area contributed by atoms with E-state index in [2.05, 4.69) is 10.4 Å². The lowest BCUT2D eigenvalue weighted by atomic mass is 10.2. The number of aryl methyl sites for hydroxylation is 2. The van der Waals surface area contributed by atoms with Crippen molar-refractivity contribution in [3.63, 3.8) is 0 Å². The summed E-state index contributed by atoms with van der Waals surface area (Å²) in [7, 11) is 0. The van der Waals surface area contributed by atoms with Gasteiger partial charge in [-0.2, -0.15) is 5.10 Å². The zero-order valence-electron chi connectivity index (χ0n) is 16.1. The highest BCUT2D eigenvalue weighted by Crippen LogP contribution is 2.33. The quantitative estimate of drug-likeness (QED) is 0.431. The van der Waals surface area contributed by atoms with Gasteiger partial charge in [-0.15, -0.1) is 0 Å². The summed E-state index contributed by atoms with van der Waals surface area (Å²) in [6.07, 6.45) is 0. The molecule has 0 radical (unpaired) electrons. The molecule has 0 bridgehead atoms. The molecule has 0 saturated heterocycles.